The minimum atomic E-state index is -4.19. The van der Waals surface area contributed by atoms with Gasteiger partial charge in [-0.15, -0.1) is 0 Å². The van der Waals surface area contributed by atoms with Crippen molar-refractivity contribution < 1.29 is 17.8 Å². The highest BCUT2D eigenvalue weighted by Crippen LogP contribution is 1.85. The van der Waals surface area contributed by atoms with Crippen LogP contribution in [0.4, 0.5) is 0 Å². The van der Waals surface area contributed by atoms with Crippen LogP contribution in [0.25, 0.3) is 0 Å². The Labute approximate surface area is 57.9 Å². The Kier molecular flexibility index (Phi) is 2.76. The smallest absolute Gasteiger partial charge is 0.266 e. The van der Waals surface area contributed by atoms with Crippen molar-refractivity contribution >= 4 is 16.0 Å². The fourth-order valence-corrected chi connectivity index (χ4v) is 0.927. The van der Waals surface area contributed by atoms with Crippen molar-refractivity contribution in [3.8, 4) is 0 Å². The second-order valence-electron chi connectivity index (χ2n) is 1.76. The zero-order chi connectivity index (χ0) is 8.36. The monoisotopic (exact) mass is 168 g/mol. The highest BCUT2D eigenvalue weighted by atomic mass is 32.2. The van der Waals surface area contributed by atoms with E-state index < -0.39 is 27.8 Å². The first-order chi connectivity index (χ1) is 4.33. The van der Waals surface area contributed by atoms with Crippen molar-refractivity contribution in [1.29, 1.82) is 0 Å². The van der Waals surface area contributed by atoms with Gasteiger partial charge in [0.1, 0.15) is 6.04 Å². The van der Waals surface area contributed by atoms with Crippen LogP contribution in [0, 0.1) is 0 Å². The van der Waals surface area contributed by atoms with Gasteiger partial charge in [0.25, 0.3) is 10.1 Å². The second kappa shape index (κ2) is 2.95. The van der Waals surface area contributed by atoms with Gasteiger partial charge in [-0.2, -0.15) is 8.42 Å². The predicted octanol–water partition coefficient (Wildman–Crippen LogP) is -2.31. The average Bonchev–Trinajstić information content (AvgIpc) is 1.60. The highest BCUT2D eigenvalue weighted by molar-refractivity contribution is 7.85. The van der Waals surface area contributed by atoms with E-state index in [1.165, 1.54) is 0 Å². The van der Waals surface area contributed by atoms with Crippen LogP contribution in [0.2, 0.25) is 0 Å². The summed E-state index contributed by atoms with van der Waals surface area (Å²) >= 11 is 0. The lowest BCUT2D eigenvalue weighted by molar-refractivity contribution is -0.118. The van der Waals surface area contributed by atoms with Crippen LogP contribution in [-0.4, -0.2) is 30.7 Å². The molecule has 0 aromatic rings. The van der Waals surface area contributed by atoms with Gasteiger partial charge < -0.3 is 11.5 Å². The first-order valence-electron chi connectivity index (χ1n) is 2.33. The van der Waals surface area contributed by atoms with Crippen molar-refractivity contribution in [2.75, 3.05) is 5.75 Å². The number of primary amides is 1. The molecule has 0 aliphatic rings. The third-order valence-electron chi connectivity index (χ3n) is 0.756. The van der Waals surface area contributed by atoms with E-state index in [2.05, 4.69) is 5.73 Å². The van der Waals surface area contributed by atoms with E-state index in [4.69, 9.17) is 10.3 Å². The van der Waals surface area contributed by atoms with Crippen LogP contribution in [0.3, 0.4) is 0 Å². The molecule has 0 aliphatic heterocycles. The molecule has 0 bridgehead atoms. The summed E-state index contributed by atoms with van der Waals surface area (Å²) in [5.74, 6) is -1.79. The molecule has 5 N–H and O–H groups in total. The van der Waals surface area contributed by atoms with Crippen molar-refractivity contribution in [2.45, 2.75) is 6.04 Å². The number of nitrogens with two attached hydrogens (primary N) is 2. The number of amides is 1. The zero-order valence-electron chi connectivity index (χ0n) is 5.02. The molecule has 0 saturated carbocycles. The van der Waals surface area contributed by atoms with Crippen molar-refractivity contribution in [1.82, 2.24) is 0 Å². The summed E-state index contributed by atoms with van der Waals surface area (Å²) in [5.41, 5.74) is 9.49. The van der Waals surface area contributed by atoms with Gasteiger partial charge in [0.2, 0.25) is 5.91 Å². The summed E-state index contributed by atoms with van der Waals surface area (Å²) in [6, 6.07) is -1.34. The van der Waals surface area contributed by atoms with Gasteiger partial charge in [0.05, 0.1) is 5.75 Å². The van der Waals surface area contributed by atoms with Crippen molar-refractivity contribution in [3.63, 3.8) is 0 Å². The zero-order valence-corrected chi connectivity index (χ0v) is 5.84. The largest absolute Gasteiger partial charge is 0.368 e. The van der Waals surface area contributed by atoms with Crippen LogP contribution in [0.1, 0.15) is 0 Å². The molecule has 0 radical (unpaired) electrons. The number of carbonyl (C=O) groups excluding carboxylic acids is 1. The number of rotatable bonds is 3. The fourth-order valence-electron chi connectivity index (χ4n) is 0.309. The van der Waals surface area contributed by atoms with Crippen molar-refractivity contribution in [2.24, 2.45) is 11.5 Å². The first-order valence-corrected chi connectivity index (χ1v) is 3.94. The van der Waals surface area contributed by atoms with E-state index >= 15 is 0 Å². The summed E-state index contributed by atoms with van der Waals surface area (Å²) in [6.07, 6.45) is 0. The lowest BCUT2D eigenvalue weighted by atomic mass is 10.4. The first kappa shape index (κ1) is 9.34. The molecule has 0 fully saturated rings. The normalized spacial score (nSPS) is 14.6. The van der Waals surface area contributed by atoms with Crippen LogP contribution in [0.5, 0.6) is 0 Å². The number of hydrogen-bond acceptors (Lipinski definition) is 4. The number of hydrogen-bond donors (Lipinski definition) is 3. The van der Waals surface area contributed by atoms with E-state index in [1.807, 2.05) is 0 Å². The van der Waals surface area contributed by atoms with Crippen LogP contribution in [0.15, 0.2) is 0 Å². The van der Waals surface area contributed by atoms with Crippen LogP contribution >= 0.6 is 0 Å². The topological polar surface area (TPSA) is 123 Å². The Balaban J connectivity index is 4.06. The van der Waals surface area contributed by atoms with E-state index in [1.54, 1.807) is 0 Å². The molecule has 0 aromatic heterocycles. The van der Waals surface area contributed by atoms with Gasteiger partial charge in [-0.05, 0) is 0 Å². The molecule has 10 heavy (non-hydrogen) atoms. The highest BCUT2D eigenvalue weighted by Gasteiger charge is 2.16. The lowest BCUT2D eigenvalue weighted by Gasteiger charge is -2.02. The van der Waals surface area contributed by atoms with Crippen molar-refractivity contribution in [3.05, 3.63) is 0 Å². The van der Waals surface area contributed by atoms with E-state index in [-0.39, 0.29) is 0 Å². The molecule has 0 heterocycles. The van der Waals surface area contributed by atoms with Crippen LogP contribution < -0.4 is 11.5 Å². The van der Waals surface area contributed by atoms with Gasteiger partial charge in [0.15, 0.2) is 0 Å². The molecule has 60 valence electrons. The molecule has 0 rings (SSSR count). The third-order valence-corrected chi connectivity index (χ3v) is 1.54. The Bertz CT molecular complexity index is 221. The predicted molar refractivity (Wildman–Crippen MR) is 33.6 cm³/mol. The molecule has 6 nitrogen and oxygen atoms in total. The third kappa shape index (κ3) is 4.24. The molecule has 0 spiro atoms. The minimum absolute atomic E-state index is 0.831. The Morgan fingerprint density at radius 3 is 2.10 bits per heavy atom. The maximum Gasteiger partial charge on any atom is 0.266 e. The maximum atomic E-state index is 10.1. The van der Waals surface area contributed by atoms with E-state index in [9.17, 15) is 13.2 Å². The fraction of sp³-hybridized carbons (Fsp3) is 0.667. The minimum Gasteiger partial charge on any atom is -0.368 e. The average molecular weight is 168 g/mol. The van der Waals surface area contributed by atoms with Gasteiger partial charge in [-0.25, -0.2) is 0 Å². The summed E-state index contributed by atoms with van der Waals surface area (Å²) < 4.78 is 28.1. The molecule has 0 aromatic carbocycles. The Morgan fingerprint density at radius 2 is 2.00 bits per heavy atom. The summed E-state index contributed by atoms with van der Waals surface area (Å²) in [5, 5.41) is 0. The van der Waals surface area contributed by atoms with E-state index in [0.29, 0.717) is 0 Å². The summed E-state index contributed by atoms with van der Waals surface area (Å²) in [7, 11) is -4.19. The number of carbonyl (C=O) groups is 1. The lowest BCUT2D eigenvalue weighted by Crippen LogP contribution is -2.41. The Hall–Kier alpha value is -0.660. The molecular weight excluding hydrogens is 160 g/mol. The summed E-state index contributed by atoms with van der Waals surface area (Å²) in [6.45, 7) is 0. The Morgan fingerprint density at radius 1 is 1.60 bits per heavy atom. The molecule has 0 aliphatic carbocycles. The SMILES string of the molecule is NC(=O)C(N)CS(=O)(=O)O. The standard InChI is InChI=1S/C3H8N2O4S/c4-2(3(5)6)1-10(7,8)9/h2H,1,4H2,(H2,5,6)(H,7,8,9). The molecule has 7 heteroatoms. The molecule has 1 amide bonds. The van der Waals surface area contributed by atoms with Crippen LogP contribution in [-0.2, 0) is 14.9 Å². The van der Waals surface area contributed by atoms with Gasteiger partial charge in [-0.1, -0.05) is 0 Å². The second-order valence-corrected chi connectivity index (χ2v) is 3.25. The molecule has 1 atom stereocenters. The quantitative estimate of drug-likeness (QED) is 0.408. The molecule has 0 saturated heterocycles. The van der Waals surface area contributed by atoms with E-state index in [0.717, 1.165) is 0 Å². The molecular formula is C3H8N2O4S. The maximum absolute atomic E-state index is 10.1. The van der Waals surface area contributed by atoms with Gasteiger partial charge >= 0.3 is 0 Å². The van der Waals surface area contributed by atoms with Gasteiger partial charge in [0, 0.05) is 0 Å². The van der Waals surface area contributed by atoms with Gasteiger partial charge in [-0.3, -0.25) is 9.35 Å². The molecule has 1 unspecified atom stereocenters. The summed E-state index contributed by atoms with van der Waals surface area (Å²) in [4.78, 5) is 10.1.